The number of piperazine rings is 1. The smallest absolute Gasteiger partial charge is 0.0234 e. The van der Waals surface area contributed by atoms with Gasteiger partial charge >= 0.3 is 0 Å². The molecule has 2 rings (SSSR count). The van der Waals surface area contributed by atoms with E-state index in [0.717, 1.165) is 39.3 Å². The van der Waals surface area contributed by atoms with Crippen LogP contribution in [-0.2, 0) is 6.54 Å². The van der Waals surface area contributed by atoms with E-state index in [4.69, 9.17) is 5.73 Å². The van der Waals surface area contributed by atoms with Crippen molar-refractivity contribution in [3.8, 4) is 0 Å². The summed E-state index contributed by atoms with van der Waals surface area (Å²) in [4.78, 5) is 5.01. The molecule has 1 unspecified atom stereocenters. The van der Waals surface area contributed by atoms with Gasteiger partial charge < -0.3 is 5.73 Å². The van der Waals surface area contributed by atoms with Crippen molar-refractivity contribution in [1.82, 2.24) is 9.80 Å². The molecule has 0 radical (unpaired) electrons. The van der Waals surface area contributed by atoms with Gasteiger partial charge in [0.05, 0.1) is 0 Å². The summed E-state index contributed by atoms with van der Waals surface area (Å²) >= 11 is 0. The first-order chi connectivity index (χ1) is 8.29. The SMILES string of the molecule is CC(CN)N1CCN(Cc2ccccc2)CC1. The van der Waals surface area contributed by atoms with E-state index in [2.05, 4.69) is 47.1 Å². The highest BCUT2D eigenvalue weighted by Crippen LogP contribution is 2.09. The van der Waals surface area contributed by atoms with Crippen molar-refractivity contribution in [3.05, 3.63) is 35.9 Å². The Morgan fingerprint density at radius 2 is 1.76 bits per heavy atom. The monoisotopic (exact) mass is 233 g/mol. The molecule has 0 amide bonds. The predicted octanol–water partition coefficient (Wildman–Crippen LogP) is 1.15. The van der Waals surface area contributed by atoms with Crippen LogP contribution in [0.3, 0.4) is 0 Å². The van der Waals surface area contributed by atoms with E-state index >= 15 is 0 Å². The predicted molar refractivity (Wildman–Crippen MR) is 71.8 cm³/mol. The maximum Gasteiger partial charge on any atom is 0.0234 e. The third-order valence-corrected chi connectivity index (χ3v) is 3.62. The number of nitrogens with two attached hydrogens (primary N) is 1. The first kappa shape index (κ1) is 12.6. The lowest BCUT2D eigenvalue weighted by atomic mass is 10.2. The van der Waals surface area contributed by atoms with E-state index in [1.807, 2.05) is 0 Å². The van der Waals surface area contributed by atoms with Crippen LogP contribution in [0.15, 0.2) is 30.3 Å². The van der Waals surface area contributed by atoms with Crippen molar-refractivity contribution in [2.24, 2.45) is 5.73 Å². The largest absolute Gasteiger partial charge is 0.329 e. The maximum atomic E-state index is 5.71. The van der Waals surface area contributed by atoms with Crippen molar-refractivity contribution in [2.45, 2.75) is 19.5 Å². The Kier molecular flexibility index (Phi) is 4.54. The fourth-order valence-electron chi connectivity index (χ4n) is 2.35. The molecule has 1 atom stereocenters. The highest BCUT2D eigenvalue weighted by molar-refractivity contribution is 5.14. The molecule has 1 saturated heterocycles. The second kappa shape index (κ2) is 6.15. The summed E-state index contributed by atoms with van der Waals surface area (Å²) in [7, 11) is 0. The molecule has 0 aliphatic carbocycles. The van der Waals surface area contributed by atoms with Crippen LogP contribution < -0.4 is 5.73 Å². The van der Waals surface area contributed by atoms with Crippen molar-refractivity contribution >= 4 is 0 Å². The molecule has 2 N–H and O–H groups in total. The van der Waals surface area contributed by atoms with Crippen molar-refractivity contribution < 1.29 is 0 Å². The topological polar surface area (TPSA) is 32.5 Å². The molecule has 1 aliphatic rings. The second-order valence-corrected chi connectivity index (χ2v) is 4.88. The molecular weight excluding hydrogens is 210 g/mol. The number of benzene rings is 1. The van der Waals surface area contributed by atoms with Crippen molar-refractivity contribution in [3.63, 3.8) is 0 Å². The summed E-state index contributed by atoms with van der Waals surface area (Å²) in [5.74, 6) is 0. The molecule has 0 spiro atoms. The van der Waals surface area contributed by atoms with Crippen LogP contribution in [0.2, 0.25) is 0 Å². The molecule has 1 fully saturated rings. The zero-order chi connectivity index (χ0) is 12.1. The summed E-state index contributed by atoms with van der Waals surface area (Å²) in [6.45, 7) is 8.64. The van der Waals surface area contributed by atoms with E-state index in [0.29, 0.717) is 6.04 Å². The normalized spacial score (nSPS) is 20.4. The summed E-state index contributed by atoms with van der Waals surface area (Å²) in [5.41, 5.74) is 7.12. The zero-order valence-corrected chi connectivity index (χ0v) is 10.7. The summed E-state index contributed by atoms with van der Waals surface area (Å²) in [5, 5.41) is 0. The number of hydrogen-bond donors (Lipinski definition) is 1. The molecule has 3 nitrogen and oxygen atoms in total. The molecule has 0 bridgehead atoms. The Labute approximate surface area is 104 Å². The molecule has 0 aromatic heterocycles. The summed E-state index contributed by atoms with van der Waals surface area (Å²) in [6.07, 6.45) is 0. The van der Waals surface area contributed by atoms with Gasteiger partial charge in [-0.3, -0.25) is 9.80 Å². The molecule has 17 heavy (non-hydrogen) atoms. The van der Waals surface area contributed by atoms with Gasteiger partial charge in [-0.25, -0.2) is 0 Å². The van der Waals surface area contributed by atoms with Crippen LogP contribution >= 0.6 is 0 Å². The number of nitrogens with zero attached hydrogens (tertiary/aromatic N) is 2. The van der Waals surface area contributed by atoms with Gasteiger partial charge in [0.15, 0.2) is 0 Å². The lowest BCUT2D eigenvalue weighted by Crippen LogP contribution is -2.50. The zero-order valence-electron chi connectivity index (χ0n) is 10.7. The molecule has 94 valence electrons. The quantitative estimate of drug-likeness (QED) is 0.847. The fraction of sp³-hybridized carbons (Fsp3) is 0.571. The van der Waals surface area contributed by atoms with E-state index < -0.39 is 0 Å². The number of rotatable bonds is 4. The average molecular weight is 233 g/mol. The molecule has 3 heteroatoms. The van der Waals surface area contributed by atoms with Crippen LogP contribution in [0.1, 0.15) is 12.5 Å². The van der Waals surface area contributed by atoms with Gasteiger partial charge in [-0.1, -0.05) is 30.3 Å². The van der Waals surface area contributed by atoms with Crippen LogP contribution in [0.4, 0.5) is 0 Å². The van der Waals surface area contributed by atoms with E-state index in [1.165, 1.54) is 5.56 Å². The van der Waals surface area contributed by atoms with Gasteiger partial charge in [0.25, 0.3) is 0 Å². The van der Waals surface area contributed by atoms with E-state index in [-0.39, 0.29) is 0 Å². The Bertz CT molecular complexity index is 317. The van der Waals surface area contributed by atoms with Crippen molar-refractivity contribution in [2.75, 3.05) is 32.7 Å². The third-order valence-electron chi connectivity index (χ3n) is 3.62. The summed E-state index contributed by atoms with van der Waals surface area (Å²) in [6, 6.07) is 11.2. The fourth-order valence-corrected chi connectivity index (χ4v) is 2.35. The molecule has 1 aromatic rings. The highest BCUT2D eigenvalue weighted by atomic mass is 15.3. The Morgan fingerprint density at radius 1 is 1.12 bits per heavy atom. The van der Waals surface area contributed by atoms with Gasteiger partial charge in [0, 0.05) is 45.3 Å². The van der Waals surface area contributed by atoms with Crippen LogP contribution in [0.25, 0.3) is 0 Å². The average Bonchev–Trinajstić information content (AvgIpc) is 2.40. The Hall–Kier alpha value is -0.900. The molecule has 1 aromatic carbocycles. The van der Waals surface area contributed by atoms with Gasteiger partial charge in [-0.05, 0) is 12.5 Å². The van der Waals surface area contributed by atoms with Crippen LogP contribution in [0.5, 0.6) is 0 Å². The van der Waals surface area contributed by atoms with Crippen molar-refractivity contribution in [1.29, 1.82) is 0 Å². The molecule has 0 saturated carbocycles. The molecule has 1 heterocycles. The minimum atomic E-state index is 0.522. The Balaban J connectivity index is 1.80. The molecular formula is C14H23N3. The van der Waals surface area contributed by atoms with Crippen LogP contribution in [0, 0.1) is 0 Å². The minimum absolute atomic E-state index is 0.522. The maximum absolute atomic E-state index is 5.71. The first-order valence-electron chi connectivity index (χ1n) is 6.50. The lowest BCUT2D eigenvalue weighted by Gasteiger charge is -2.37. The summed E-state index contributed by atoms with van der Waals surface area (Å²) < 4.78 is 0. The Morgan fingerprint density at radius 3 is 2.35 bits per heavy atom. The lowest BCUT2D eigenvalue weighted by molar-refractivity contribution is 0.100. The first-order valence-corrected chi connectivity index (χ1v) is 6.50. The molecule has 1 aliphatic heterocycles. The third kappa shape index (κ3) is 3.53. The van der Waals surface area contributed by atoms with E-state index in [1.54, 1.807) is 0 Å². The van der Waals surface area contributed by atoms with Gasteiger partial charge in [0.2, 0.25) is 0 Å². The number of hydrogen-bond acceptors (Lipinski definition) is 3. The van der Waals surface area contributed by atoms with Gasteiger partial charge in [-0.2, -0.15) is 0 Å². The highest BCUT2D eigenvalue weighted by Gasteiger charge is 2.19. The van der Waals surface area contributed by atoms with Gasteiger partial charge in [-0.15, -0.1) is 0 Å². The van der Waals surface area contributed by atoms with Crippen LogP contribution in [-0.4, -0.2) is 48.6 Å². The van der Waals surface area contributed by atoms with E-state index in [9.17, 15) is 0 Å². The minimum Gasteiger partial charge on any atom is -0.329 e. The second-order valence-electron chi connectivity index (χ2n) is 4.88. The standard InChI is InChI=1S/C14H23N3/c1-13(11-15)17-9-7-16(8-10-17)12-14-5-3-2-4-6-14/h2-6,13H,7-12,15H2,1H3. The van der Waals surface area contributed by atoms with Gasteiger partial charge in [0.1, 0.15) is 0 Å².